The number of anilines is 1. The van der Waals surface area contributed by atoms with Crippen molar-refractivity contribution in [2.75, 3.05) is 31.1 Å². The minimum absolute atomic E-state index is 0.339. The topological polar surface area (TPSA) is 97.1 Å². The van der Waals surface area contributed by atoms with Gasteiger partial charge in [-0.25, -0.2) is 22.8 Å². The molecule has 1 aromatic carbocycles. The number of thiophene rings is 1. The Morgan fingerprint density at radius 3 is 2.47 bits per heavy atom. The van der Waals surface area contributed by atoms with E-state index in [0.717, 1.165) is 0 Å². The summed E-state index contributed by atoms with van der Waals surface area (Å²) in [5.41, 5.74) is 1.65. The number of halogens is 1. The fourth-order valence-electron chi connectivity index (χ4n) is 3.40. The lowest BCUT2D eigenvalue weighted by atomic mass is 10.3. The van der Waals surface area contributed by atoms with Crippen molar-refractivity contribution in [3.63, 3.8) is 0 Å². The lowest BCUT2D eigenvalue weighted by Crippen LogP contribution is -2.48. The normalized spacial score (nSPS) is 15.7. The van der Waals surface area contributed by atoms with Crippen LogP contribution < -0.4 is 4.90 Å². The lowest BCUT2D eigenvalue weighted by molar-refractivity contribution is 0.385. The van der Waals surface area contributed by atoms with Crippen LogP contribution in [0.15, 0.2) is 52.3 Å². The number of fused-ring (bicyclic) bond motifs is 1. The van der Waals surface area contributed by atoms with E-state index in [2.05, 4.69) is 20.3 Å². The number of rotatable bonds is 4. The highest BCUT2D eigenvalue weighted by Crippen LogP contribution is 2.26. The molecule has 1 aliphatic heterocycles. The van der Waals surface area contributed by atoms with Crippen LogP contribution in [0.25, 0.3) is 16.9 Å². The van der Waals surface area contributed by atoms with Crippen molar-refractivity contribution in [3.8, 4) is 5.69 Å². The highest BCUT2D eigenvalue weighted by atomic mass is 32.2. The molecule has 154 valence electrons. The maximum atomic E-state index is 13.2. The molecule has 0 atom stereocenters. The van der Waals surface area contributed by atoms with Gasteiger partial charge < -0.3 is 4.90 Å². The van der Waals surface area contributed by atoms with Gasteiger partial charge in [0.15, 0.2) is 17.0 Å². The molecule has 0 N–H and O–H groups in total. The van der Waals surface area contributed by atoms with E-state index in [9.17, 15) is 12.8 Å². The number of piperazine rings is 1. The third kappa shape index (κ3) is 3.22. The Morgan fingerprint density at radius 1 is 1.00 bits per heavy atom. The molecule has 1 fully saturated rings. The molecule has 3 aromatic heterocycles. The standard InChI is InChI=1S/C18H16FN7O2S2/c19-13-3-5-14(6-4-13)26-18-16(22-23-26)17(20-12-21-18)24-7-9-25(10-8-24)30(27,28)15-2-1-11-29-15/h1-6,11-12H,7-10H2. The van der Waals surface area contributed by atoms with Crippen molar-refractivity contribution in [2.24, 2.45) is 0 Å². The molecule has 0 bridgehead atoms. The maximum absolute atomic E-state index is 13.2. The summed E-state index contributed by atoms with van der Waals surface area (Å²) in [6.07, 6.45) is 1.43. The number of sulfonamides is 1. The van der Waals surface area contributed by atoms with Crippen LogP contribution in [-0.4, -0.2) is 63.9 Å². The quantitative estimate of drug-likeness (QED) is 0.473. The molecule has 1 aliphatic rings. The molecule has 9 nitrogen and oxygen atoms in total. The van der Waals surface area contributed by atoms with Crippen molar-refractivity contribution in [2.45, 2.75) is 4.21 Å². The fourth-order valence-corrected chi connectivity index (χ4v) is 5.97. The average molecular weight is 446 g/mol. The number of hydrogen-bond acceptors (Lipinski definition) is 8. The summed E-state index contributed by atoms with van der Waals surface area (Å²) in [6.45, 7) is 1.63. The Morgan fingerprint density at radius 2 is 1.77 bits per heavy atom. The van der Waals surface area contributed by atoms with Gasteiger partial charge in [0.05, 0.1) is 5.69 Å². The van der Waals surface area contributed by atoms with Gasteiger partial charge in [0, 0.05) is 26.2 Å². The van der Waals surface area contributed by atoms with Crippen LogP contribution in [0.2, 0.25) is 0 Å². The first kappa shape index (κ1) is 19.0. The van der Waals surface area contributed by atoms with Gasteiger partial charge in [-0.1, -0.05) is 11.3 Å². The first-order valence-corrected chi connectivity index (χ1v) is 11.5. The summed E-state index contributed by atoms with van der Waals surface area (Å²) in [5.74, 6) is 0.260. The summed E-state index contributed by atoms with van der Waals surface area (Å²) >= 11 is 1.22. The van der Waals surface area contributed by atoms with Crippen LogP contribution >= 0.6 is 11.3 Å². The summed E-state index contributed by atoms with van der Waals surface area (Å²) in [7, 11) is -3.47. The molecule has 5 rings (SSSR count). The first-order valence-electron chi connectivity index (χ1n) is 9.15. The Hall–Kier alpha value is -2.96. The molecule has 12 heteroatoms. The highest BCUT2D eigenvalue weighted by molar-refractivity contribution is 7.91. The van der Waals surface area contributed by atoms with Crippen LogP contribution in [0.5, 0.6) is 0 Å². The monoisotopic (exact) mass is 445 g/mol. The minimum Gasteiger partial charge on any atom is -0.352 e. The summed E-state index contributed by atoms with van der Waals surface area (Å²) in [4.78, 5) is 10.6. The molecule has 0 aliphatic carbocycles. The summed E-state index contributed by atoms with van der Waals surface area (Å²) < 4.78 is 42.1. The van der Waals surface area contributed by atoms with E-state index in [1.165, 1.54) is 38.8 Å². The molecule has 4 aromatic rings. The number of aromatic nitrogens is 5. The molecular formula is C18H16FN7O2S2. The van der Waals surface area contributed by atoms with Gasteiger partial charge >= 0.3 is 0 Å². The molecule has 0 saturated carbocycles. The Labute approximate surface area is 175 Å². The summed E-state index contributed by atoms with van der Waals surface area (Å²) in [5, 5.41) is 10.1. The van der Waals surface area contributed by atoms with E-state index >= 15 is 0 Å². The van der Waals surface area contributed by atoms with E-state index < -0.39 is 10.0 Å². The Balaban J connectivity index is 1.41. The first-order chi connectivity index (χ1) is 14.5. The zero-order valence-corrected chi connectivity index (χ0v) is 17.2. The average Bonchev–Trinajstić information content (AvgIpc) is 3.45. The zero-order valence-electron chi connectivity index (χ0n) is 15.6. The van der Waals surface area contributed by atoms with Crippen molar-refractivity contribution in [3.05, 3.63) is 53.9 Å². The zero-order chi connectivity index (χ0) is 20.7. The highest BCUT2D eigenvalue weighted by Gasteiger charge is 2.30. The van der Waals surface area contributed by atoms with Crippen LogP contribution in [0.3, 0.4) is 0 Å². The van der Waals surface area contributed by atoms with Gasteiger partial charge in [-0.05, 0) is 35.7 Å². The molecule has 0 amide bonds. The van der Waals surface area contributed by atoms with Crippen LogP contribution in [0.1, 0.15) is 0 Å². The second-order valence-electron chi connectivity index (χ2n) is 6.67. The Bertz CT molecular complexity index is 1280. The van der Waals surface area contributed by atoms with Crippen molar-refractivity contribution >= 4 is 38.3 Å². The third-order valence-corrected chi connectivity index (χ3v) is 8.19. The third-order valence-electron chi connectivity index (χ3n) is 4.92. The molecule has 4 heterocycles. The molecule has 0 radical (unpaired) electrons. The maximum Gasteiger partial charge on any atom is 0.252 e. The lowest BCUT2D eigenvalue weighted by Gasteiger charge is -2.34. The van der Waals surface area contributed by atoms with Crippen LogP contribution in [-0.2, 0) is 10.0 Å². The summed E-state index contributed by atoms with van der Waals surface area (Å²) in [6, 6.07) is 9.24. The van der Waals surface area contributed by atoms with Crippen LogP contribution in [0, 0.1) is 5.82 Å². The van der Waals surface area contributed by atoms with E-state index in [4.69, 9.17) is 0 Å². The molecule has 0 spiro atoms. The van der Waals surface area contributed by atoms with E-state index in [0.29, 0.717) is 53.1 Å². The number of hydrogen-bond donors (Lipinski definition) is 0. The second-order valence-corrected chi connectivity index (χ2v) is 9.78. The van der Waals surface area contributed by atoms with Gasteiger partial charge in [0.1, 0.15) is 16.4 Å². The van der Waals surface area contributed by atoms with E-state index in [1.807, 2.05) is 4.90 Å². The smallest absolute Gasteiger partial charge is 0.252 e. The largest absolute Gasteiger partial charge is 0.352 e. The molecule has 0 unspecified atom stereocenters. The predicted octanol–water partition coefficient (Wildman–Crippen LogP) is 1.92. The van der Waals surface area contributed by atoms with E-state index in [-0.39, 0.29) is 5.82 Å². The van der Waals surface area contributed by atoms with Gasteiger partial charge in [-0.3, -0.25) is 0 Å². The van der Waals surface area contributed by atoms with Gasteiger partial charge in [0.25, 0.3) is 10.0 Å². The van der Waals surface area contributed by atoms with Crippen molar-refractivity contribution in [1.82, 2.24) is 29.3 Å². The second kappa shape index (κ2) is 7.38. The van der Waals surface area contributed by atoms with Gasteiger partial charge in [-0.15, -0.1) is 16.4 Å². The Kier molecular flexibility index (Phi) is 4.68. The van der Waals surface area contributed by atoms with Gasteiger partial charge in [0.2, 0.25) is 0 Å². The molecular weight excluding hydrogens is 429 g/mol. The molecule has 1 saturated heterocycles. The van der Waals surface area contributed by atoms with Gasteiger partial charge in [-0.2, -0.15) is 8.99 Å². The molecule has 30 heavy (non-hydrogen) atoms. The van der Waals surface area contributed by atoms with Crippen LogP contribution in [0.4, 0.5) is 10.2 Å². The minimum atomic E-state index is -3.47. The SMILES string of the molecule is O=S(=O)(c1cccs1)N1CCN(c2ncnc3c2nnn3-c2ccc(F)cc2)CC1. The predicted molar refractivity (Wildman–Crippen MR) is 110 cm³/mol. The van der Waals surface area contributed by atoms with Crippen molar-refractivity contribution in [1.29, 1.82) is 0 Å². The van der Waals surface area contributed by atoms with Crippen molar-refractivity contribution < 1.29 is 12.8 Å². The number of benzene rings is 1. The fraction of sp³-hybridized carbons (Fsp3) is 0.222. The number of nitrogens with zero attached hydrogens (tertiary/aromatic N) is 7. The van der Waals surface area contributed by atoms with E-state index in [1.54, 1.807) is 29.6 Å².